The summed E-state index contributed by atoms with van der Waals surface area (Å²) >= 11 is 0. The standard InChI is InChI=1S/C14H27NO2/c1-14(2)9-6-4-3-5-7-11-17-12-8-10-15-13-16/h14H,3-12H2,1-2H3. The van der Waals surface area contributed by atoms with Crippen molar-refractivity contribution >= 4 is 6.08 Å². The van der Waals surface area contributed by atoms with Gasteiger partial charge >= 0.3 is 0 Å². The molecule has 0 fully saturated rings. The van der Waals surface area contributed by atoms with Crippen molar-refractivity contribution in [3.63, 3.8) is 0 Å². The van der Waals surface area contributed by atoms with E-state index in [9.17, 15) is 4.79 Å². The fourth-order valence-corrected chi connectivity index (χ4v) is 1.68. The Morgan fingerprint density at radius 2 is 1.65 bits per heavy atom. The lowest BCUT2D eigenvalue weighted by Crippen LogP contribution is -1.98. The summed E-state index contributed by atoms with van der Waals surface area (Å²) in [5, 5.41) is 0. The molecule has 17 heavy (non-hydrogen) atoms. The molecule has 0 aromatic heterocycles. The highest BCUT2D eigenvalue weighted by atomic mass is 16.5. The second-order valence-corrected chi connectivity index (χ2v) is 4.89. The van der Waals surface area contributed by atoms with Crippen LogP contribution in [-0.2, 0) is 9.53 Å². The fraction of sp³-hybridized carbons (Fsp3) is 0.929. The summed E-state index contributed by atoms with van der Waals surface area (Å²) < 4.78 is 5.44. The second-order valence-electron chi connectivity index (χ2n) is 4.89. The highest BCUT2D eigenvalue weighted by molar-refractivity contribution is 5.32. The Balaban J connectivity index is 2.96. The van der Waals surface area contributed by atoms with Gasteiger partial charge in [0.15, 0.2) is 0 Å². The number of ether oxygens (including phenoxy) is 1. The third-order valence-corrected chi connectivity index (χ3v) is 2.69. The van der Waals surface area contributed by atoms with Crippen molar-refractivity contribution in [1.29, 1.82) is 0 Å². The maximum absolute atomic E-state index is 9.77. The monoisotopic (exact) mass is 241 g/mol. The van der Waals surface area contributed by atoms with Crippen molar-refractivity contribution in [1.82, 2.24) is 0 Å². The lowest BCUT2D eigenvalue weighted by Gasteiger charge is -2.05. The van der Waals surface area contributed by atoms with Gasteiger partial charge in [0.2, 0.25) is 6.08 Å². The third kappa shape index (κ3) is 15.3. The van der Waals surface area contributed by atoms with Crippen molar-refractivity contribution in [2.24, 2.45) is 10.9 Å². The van der Waals surface area contributed by atoms with Crippen LogP contribution in [0.25, 0.3) is 0 Å². The molecule has 3 heteroatoms. The highest BCUT2D eigenvalue weighted by Crippen LogP contribution is 2.10. The lowest BCUT2D eigenvalue weighted by molar-refractivity contribution is 0.129. The topological polar surface area (TPSA) is 38.7 Å². The molecule has 100 valence electrons. The van der Waals surface area contributed by atoms with Gasteiger partial charge in [-0.05, 0) is 18.8 Å². The summed E-state index contributed by atoms with van der Waals surface area (Å²) in [6, 6.07) is 0. The molecule has 0 saturated carbocycles. The van der Waals surface area contributed by atoms with Gasteiger partial charge in [0.25, 0.3) is 0 Å². The van der Waals surface area contributed by atoms with Gasteiger partial charge in [-0.25, -0.2) is 9.79 Å². The number of carbonyl (C=O) groups excluding carboxylic acids is 1. The number of unbranched alkanes of at least 4 members (excludes halogenated alkanes) is 4. The second kappa shape index (κ2) is 13.4. The van der Waals surface area contributed by atoms with Crippen LogP contribution < -0.4 is 0 Å². The minimum atomic E-state index is 0.540. The molecule has 3 nitrogen and oxygen atoms in total. The van der Waals surface area contributed by atoms with Crippen LogP contribution in [-0.4, -0.2) is 25.8 Å². The van der Waals surface area contributed by atoms with E-state index in [2.05, 4.69) is 18.8 Å². The zero-order valence-corrected chi connectivity index (χ0v) is 11.4. The summed E-state index contributed by atoms with van der Waals surface area (Å²) in [5.41, 5.74) is 0. The van der Waals surface area contributed by atoms with E-state index in [1.54, 1.807) is 0 Å². The Hall–Kier alpha value is -0.660. The largest absolute Gasteiger partial charge is 0.381 e. The van der Waals surface area contributed by atoms with E-state index in [4.69, 9.17) is 4.74 Å². The van der Waals surface area contributed by atoms with Gasteiger partial charge in [0.05, 0.1) is 6.54 Å². The Labute approximate surface area is 106 Å². The van der Waals surface area contributed by atoms with Gasteiger partial charge in [-0.2, -0.15) is 0 Å². The molecular weight excluding hydrogens is 214 g/mol. The zero-order valence-electron chi connectivity index (χ0n) is 11.4. The van der Waals surface area contributed by atoms with Crippen LogP contribution in [0.1, 0.15) is 58.8 Å². The van der Waals surface area contributed by atoms with Crippen LogP contribution in [0.3, 0.4) is 0 Å². The Morgan fingerprint density at radius 3 is 2.35 bits per heavy atom. The smallest absolute Gasteiger partial charge is 0.234 e. The molecule has 0 unspecified atom stereocenters. The number of rotatable bonds is 12. The highest BCUT2D eigenvalue weighted by Gasteiger charge is 1.95. The average Bonchev–Trinajstić information content (AvgIpc) is 2.30. The predicted molar refractivity (Wildman–Crippen MR) is 71.0 cm³/mol. The summed E-state index contributed by atoms with van der Waals surface area (Å²) in [7, 11) is 0. The minimum Gasteiger partial charge on any atom is -0.381 e. The Bertz CT molecular complexity index is 198. The first-order chi connectivity index (χ1) is 8.27. The Kier molecular flexibility index (Phi) is 12.9. The Morgan fingerprint density at radius 1 is 1.00 bits per heavy atom. The number of isocyanates is 1. The molecule has 0 bridgehead atoms. The van der Waals surface area contributed by atoms with Gasteiger partial charge in [0, 0.05) is 13.2 Å². The number of hydrogen-bond donors (Lipinski definition) is 0. The number of aliphatic imine (C=N–C) groups is 1. The summed E-state index contributed by atoms with van der Waals surface area (Å²) in [4.78, 5) is 13.2. The van der Waals surface area contributed by atoms with Gasteiger partial charge in [-0.3, -0.25) is 0 Å². The van der Waals surface area contributed by atoms with Crippen molar-refractivity contribution < 1.29 is 9.53 Å². The van der Waals surface area contributed by atoms with E-state index in [1.165, 1.54) is 38.2 Å². The van der Waals surface area contributed by atoms with Crippen molar-refractivity contribution in [2.45, 2.75) is 58.8 Å². The van der Waals surface area contributed by atoms with Gasteiger partial charge in [0.1, 0.15) is 0 Å². The quantitative estimate of drug-likeness (QED) is 0.297. The maximum Gasteiger partial charge on any atom is 0.234 e. The van der Waals surface area contributed by atoms with E-state index in [1.807, 2.05) is 0 Å². The molecule has 0 aliphatic rings. The molecule has 0 radical (unpaired) electrons. The normalized spacial score (nSPS) is 10.5. The number of nitrogens with zero attached hydrogens (tertiary/aromatic N) is 1. The predicted octanol–water partition coefficient (Wildman–Crippen LogP) is 3.73. The van der Waals surface area contributed by atoms with Crippen molar-refractivity contribution in [2.75, 3.05) is 19.8 Å². The summed E-state index contributed by atoms with van der Waals surface area (Å²) in [6.07, 6.45) is 10.2. The van der Waals surface area contributed by atoms with E-state index in [0.29, 0.717) is 13.2 Å². The molecule has 0 aliphatic carbocycles. The molecule has 0 aliphatic heterocycles. The molecular formula is C14H27NO2. The first kappa shape index (κ1) is 16.3. The van der Waals surface area contributed by atoms with Crippen LogP contribution in [0.4, 0.5) is 0 Å². The van der Waals surface area contributed by atoms with Crippen LogP contribution in [0.5, 0.6) is 0 Å². The minimum absolute atomic E-state index is 0.540. The lowest BCUT2D eigenvalue weighted by atomic mass is 10.0. The number of hydrogen-bond acceptors (Lipinski definition) is 3. The maximum atomic E-state index is 9.77. The molecule has 0 rings (SSSR count). The molecule has 0 aromatic rings. The van der Waals surface area contributed by atoms with E-state index in [0.717, 1.165) is 25.4 Å². The summed E-state index contributed by atoms with van der Waals surface area (Å²) in [5.74, 6) is 0.840. The van der Waals surface area contributed by atoms with E-state index < -0.39 is 0 Å². The van der Waals surface area contributed by atoms with Crippen LogP contribution >= 0.6 is 0 Å². The first-order valence-electron chi connectivity index (χ1n) is 6.88. The van der Waals surface area contributed by atoms with Gasteiger partial charge in [-0.1, -0.05) is 46.0 Å². The van der Waals surface area contributed by atoms with Gasteiger partial charge < -0.3 is 4.74 Å². The van der Waals surface area contributed by atoms with Crippen molar-refractivity contribution in [3.05, 3.63) is 0 Å². The third-order valence-electron chi connectivity index (χ3n) is 2.69. The van der Waals surface area contributed by atoms with E-state index in [-0.39, 0.29) is 0 Å². The SMILES string of the molecule is CC(C)CCCCCCCOCCCN=C=O. The molecule has 0 saturated heterocycles. The molecule has 0 amide bonds. The van der Waals surface area contributed by atoms with Crippen molar-refractivity contribution in [3.8, 4) is 0 Å². The van der Waals surface area contributed by atoms with Crippen LogP contribution in [0.2, 0.25) is 0 Å². The van der Waals surface area contributed by atoms with Crippen LogP contribution in [0, 0.1) is 5.92 Å². The molecule has 0 aromatic carbocycles. The molecule has 0 atom stereocenters. The summed E-state index contributed by atoms with van der Waals surface area (Å²) in [6.45, 7) is 6.65. The fourth-order valence-electron chi connectivity index (χ4n) is 1.68. The zero-order chi connectivity index (χ0) is 12.8. The average molecular weight is 241 g/mol. The molecule has 0 heterocycles. The van der Waals surface area contributed by atoms with E-state index >= 15 is 0 Å². The van der Waals surface area contributed by atoms with Gasteiger partial charge in [-0.15, -0.1) is 0 Å². The molecule has 0 N–H and O–H groups in total. The van der Waals surface area contributed by atoms with Crippen LogP contribution in [0.15, 0.2) is 4.99 Å². The molecule has 0 spiro atoms. The first-order valence-corrected chi connectivity index (χ1v) is 6.88.